The van der Waals surface area contributed by atoms with Crippen LogP contribution in [0.5, 0.6) is 0 Å². The predicted molar refractivity (Wildman–Crippen MR) is 74.0 cm³/mol. The molecule has 1 fully saturated rings. The second kappa shape index (κ2) is 5.20. The average Bonchev–Trinajstić information content (AvgIpc) is 2.91. The number of aliphatic carboxylic acids is 1. The molecule has 0 radical (unpaired) electrons. The number of rotatable bonds is 7. The van der Waals surface area contributed by atoms with Gasteiger partial charge in [0.15, 0.2) is 9.84 Å². The van der Waals surface area contributed by atoms with Crippen LogP contribution >= 0.6 is 0 Å². The van der Waals surface area contributed by atoms with Crippen LogP contribution in [0.2, 0.25) is 0 Å². The molecule has 0 saturated heterocycles. The quantitative estimate of drug-likeness (QED) is 0.821. The lowest BCUT2D eigenvalue weighted by Crippen LogP contribution is -2.22. The van der Waals surface area contributed by atoms with Crippen molar-refractivity contribution in [2.24, 2.45) is 5.41 Å². The summed E-state index contributed by atoms with van der Waals surface area (Å²) < 4.78 is 26.2. The lowest BCUT2D eigenvalue weighted by molar-refractivity contribution is -0.138. The Morgan fingerprint density at radius 2 is 2.15 bits per heavy atom. The maximum Gasteiger partial charge on any atom is 0.303 e. The van der Waals surface area contributed by atoms with Crippen molar-refractivity contribution in [1.29, 1.82) is 0 Å². The van der Waals surface area contributed by atoms with Crippen LogP contribution in [-0.2, 0) is 26.9 Å². The van der Waals surface area contributed by atoms with E-state index in [2.05, 4.69) is 5.10 Å². The van der Waals surface area contributed by atoms with Gasteiger partial charge in [0.1, 0.15) is 0 Å². The van der Waals surface area contributed by atoms with Gasteiger partial charge >= 0.3 is 5.97 Å². The molecule has 112 valence electrons. The fourth-order valence-corrected chi connectivity index (χ4v) is 4.71. The number of carbonyl (C=O) groups is 1. The van der Waals surface area contributed by atoms with Gasteiger partial charge in [-0.2, -0.15) is 5.10 Å². The zero-order valence-corrected chi connectivity index (χ0v) is 12.6. The van der Waals surface area contributed by atoms with Gasteiger partial charge in [0.2, 0.25) is 0 Å². The van der Waals surface area contributed by atoms with Crippen molar-refractivity contribution in [3.63, 3.8) is 0 Å². The second-order valence-corrected chi connectivity index (χ2v) is 7.76. The Morgan fingerprint density at radius 3 is 2.65 bits per heavy atom. The molecule has 0 bridgehead atoms. The smallest absolute Gasteiger partial charge is 0.303 e. The van der Waals surface area contributed by atoms with Crippen LogP contribution in [0, 0.1) is 12.3 Å². The fourth-order valence-electron chi connectivity index (χ4n) is 2.60. The van der Waals surface area contributed by atoms with Crippen molar-refractivity contribution in [3.05, 3.63) is 17.5 Å². The summed E-state index contributed by atoms with van der Waals surface area (Å²) in [7, 11) is -3.32. The largest absolute Gasteiger partial charge is 0.481 e. The minimum absolute atomic E-state index is 0.0414. The molecule has 6 nitrogen and oxygen atoms in total. The molecule has 1 aliphatic carbocycles. The number of nitrogens with zero attached hydrogens (tertiary/aromatic N) is 2. The van der Waals surface area contributed by atoms with Crippen LogP contribution in [0.15, 0.2) is 6.07 Å². The summed E-state index contributed by atoms with van der Waals surface area (Å²) in [5, 5.41) is 13.1. The highest BCUT2D eigenvalue weighted by Gasteiger charge is 2.47. The molecule has 1 aliphatic rings. The Kier molecular flexibility index (Phi) is 3.90. The Bertz CT molecular complexity index is 614. The zero-order chi connectivity index (χ0) is 15.0. The Hall–Kier alpha value is -1.37. The fraction of sp³-hybridized carbons (Fsp3) is 0.692. The van der Waals surface area contributed by atoms with Crippen molar-refractivity contribution < 1.29 is 18.3 Å². The van der Waals surface area contributed by atoms with Gasteiger partial charge < -0.3 is 5.11 Å². The summed E-state index contributed by atoms with van der Waals surface area (Å²) in [5.41, 5.74) is 0.941. The van der Waals surface area contributed by atoms with Gasteiger partial charge in [0.25, 0.3) is 0 Å². The van der Waals surface area contributed by atoms with E-state index < -0.39 is 21.2 Å². The number of carboxylic acids is 1. The van der Waals surface area contributed by atoms with E-state index in [-0.39, 0.29) is 17.9 Å². The first-order chi connectivity index (χ1) is 9.25. The van der Waals surface area contributed by atoms with Gasteiger partial charge in [0, 0.05) is 6.54 Å². The highest BCUT2D eigenvalue weighted by molar-refractivity contribution is 7.90. The normalized spacial score (nSPS) is 17.1. The molecule has 1 heterocycles. The zero-order valence-electron chi connectivity index (χ0n) is 11.8. The van der Waals surface area contributed by atoms with Crippen molar-refractivity contribution in [2.75, 3.05) is 5.75 Å². The maximum atomic E-state index is 12.3. The summed E-state index contributed by atoms with van der Waals surface area (Å²) in [5.74, 6) is -1.03. The molecule has 0 atom stereocenters. The lowest BCUT2D eigenvalue weighted by atomic mass is 10.1. The highest BCUT2D eigenvalue weighted by atomic mass is 32.2. The van der Waals surface area contributed by atoms with Gasteiger partial charge in [0.05, 0.1) is 29.3 Å². The molecule has 7 heteroatoms. The molecule has 1 saturated carbocycles. The molecule has 0 spiro atoms. The molecular formula is C13H20N2O4S. The van der Waals surface area contributed by atoms with Gasteiger partial charge in [-0.15, -0.1) is 0 Å². The number of aromatic nitrogens is 2. The molecule has 0 unspecified atom stereocenters. The van der Waals surface area contributed by atoms with E-state index in [1.807, 2.05) is 13.8 Å². The first-order valence-corrected chi connectivity index (χ1v) is 8.53. The highest BCUT2D eigenvalue weighted by Crippen LogP contribution is 2.50. The van der Waals surface area contributed by atoms with Crippen molar-refractivity contribution >= 4 is 15.8 Å². The molecule has 2 rings (SSSR count). The maximum absolute atomic E-state index is 12.3. The van der Waals surface area contributed by atoms with Gasteiger partial charge in [-0.25, -0.2) is 8.42 Å². The minimum Gasteiger partial charge on any atom is -0.481 e. The lowest BCUT2D eigenvalue weighted by Gasteiger charge is -2.13. The van der Waals surface area contributed by atoms with Gasteiger partial charge in [-0.3, -0.25) is 9.48 Å². The standard InChI is InChI=1S/C13H20N2O4S/c1-3-15-11(6-10(2)14-15)8-20(18,19)9-13(4-5-13)7-12(16)17/h6H,3-5,7-9H2,1-2H3,(H,16,17). The van der Waals surface area contributed by atoms with Crippen LogP contribution in [0.1, 0.15) is 37.6 Å². The number of hydrogen-bond acceptors (Lipinski definition) is 4. The Labute approximate surface area is 118 Å². The van der Waals surface area contributed by atoms with E-state index in [4.69, 9.17) is 5.11 Å². The molecule has 0 aromatic carbocycles. The number of sulfone groups is 1. The first kappa shape index (κ1) is 15.0. The Balaban J connectivity index is 2.10. The number of aryl methyl sites for hydroxylation is 2. The number of carboxylic acid groups (broad SMARTS) is 1. The van der Waals surface area contributed by atoms with E-state index >= 15 is 0 Å². The van der Waals surface area contributed by atoms with E-state index in [0.29, 0.717) is 25.1 Å². The van der Waals surface area contributed by atoms with E-state index in [1.165, 1.54) is 0 Å². The van der Waals surface area contributed by atoms with Crippen LogP contribution in [-0.4, -0.2) is 35.0 Å². The third-order valence-electron chi connectivity index (χ3n) is 3.66. The molecule has 0 amide bonds. The summed E-state index contributed by atoms with van der Waals surface area (Å²) in [4.78, 5) is 10.8. The average molecular weight is 300 g/mol. The summed E-state index contributed by atoms with van der Waals surface area (Å²) in [6, 6.07) is 1.78. The molecule has 1 aromatic rings. The van der Waals surface area contributed by atoms with E-state index in [9.17, 15) is 13.2 Å². The van der Waals surface area contributed by atoms with Crippen LogP contribution in [0.4, 0.5) is 0 Å². The predicted octanol–water partition coefficient (Wildman–Crippen LogP) is 1.38. The van der Waals surface area contributed by atoms with Crippen molar-refractivity contribution in [1.82, 2.24) is 9.78 Å². The van der Waals surface area contributed by atoms with Crippen LogP contribution in [0.3, 0.4) is 0 Å². The third-order valence-corrected chi connectivity index (χ3v) is 5.45. The minimum atomic E-state index is -3.32. The van der Waals surface area contributed by atoms with Crippen molar-refractivity contribution in [2.45, 2.75) is 45.4 Å². The molecular weight excluding hydrogens is 280 g/mol. The van der Waals surface area contributed by atoms with Crippen LogP contribution < -0.4 is 0 Å². The molecule has 1 N–H and O–H groups in total. The van der Waals surface area contributed by atoms with Crippen molar-refractivity contribution in [3.8, 4) is 0 Å². The topological polar surface area (TPSA) is 89.3 Å². The summed E-state index contributed by atoms with van der Waals surface area (Å²) in [6.07, 6.45) is 1.31. The summed E-state index contributed by atoms with van der Waals surface area (Å²) in [6.45, 7) is 4.36. The number of hydrogen-bond donors (Lipinski definition) is 1. The monoisotopic (exact) mass is 300 g/mol. The molecule has 0 aliphatic heterocycles. The van der Waals surface area contributed by atoms with E-state index in [0.717, 1.165) is 5.69 Å². The van der Waals surface area contributed by atoms with Gasteiger partial charge in [-0.1, -0.05) is 0 Å². The SMILES string of the molecule is CCn1nc(C)cc1CS(=O)(=O)CC1(CC(=O)O)CC1. The Morgan fingerprint density at radius 1 is 1.50 bits per heavy atom. The molecule has 1 aromatic heterocycles. The van der Waals surface area contributed by atoms with E-state index in [1.54, 1.807) is 10.7 Å². The van der Waals surface area contributed by atoms with Crippen LogP contribution in [0.25, 0.3) is 0 Å². The third kappa shape index (κ3) is 3.59. The second-order valence-electron chi connectivity index (χ2n) is 5.70. The first-order valence-electron chi connectivity index (χ1n) is 6.71. The summed E-state index contributed by atoms with van der Waals surface area (Å²) >= 11 is 0. The van der Waals surface area contributed by atoms with Gasteiger partial charge in [-0.05, 0) is 38.2 Å². The molecule has 20 heavy (non-hydrogen) atoms.